The van der Waals surface area contributed by atoms with Crippen molar-refractivity contribution in [1.82, 2.24) is 5.32 Å². The molecule has 0 aliphatic rings. The van der Waals surface area contributed by atoms with Gasteiger partial charge in [0.15, 0.2) is 0 Å². The van der Waals surface area contributed by atoms with E-state index in [1.807, 2.05) is 56.5 Å². The number of amides is 1. The van der Waals surface area contributed by atoms with E-state index < -0.39 is 0 Å². The first-order valence-corrected chi connectivity index (χ1v) is 9.80. The number of thioether (sulfide) groups is 1. The lowest BCUT2D eigenvalue weighted by atomic mass is 10.1. The minimum atomic E-state index is -0.178. The van der Waals surface area contributed by atoms with Crippen molar-refractivity contribution < 1.29 is 9.53 Å². The third kappa shape index (κ3) is 8.50. The van der Waals surface area contributed by atoms with Crippen LogP contribution in [0.1, 0.15) is 39.7 Å². The van der Waals surface area contributed by atoms with Gasteiger partial charge in [0.2, 0.25) is 0 Å². The molecule has 0 saturated carbocycles. The molecule has 0 saturated heterocycles. The van der Waals surface area contributed by atoms with Crippen molar-refractivity contribution in [2.45, 2.75) is 46.1 Å². The van der Waals surface area contributed by atoms with Crippen LogP contribution in [0.15, 0.2) is 58.1 Å². The summed E-state index contributed by atoms with van der Waals surface area (Å²) in [6, 6.07) is 7.63. The summed E-state index contributed by atoms with van der Waals surface area (Å²) in [7, 11) is 0. The van der Waals surface area contributed by atoms with E-state index in [4.69, 9.17) is 22.1 Å². The molecule has 3 N–H and O–H groups in total. The first kappa shape index (κ1) is 22.2. The molecule has 1 rings (SSSR count). The number of carbonyl (C=O) groups is 1. The van der Waals surface area contributed by atoms with Gasteiger partial charge in [0.25, 0.3) is 5.91 Å². The van der Waals surface area contributed by atoms with Gasteiger partial charge in [0.05, 0.1) is 5.57 Å². The summed E-state index contributed by atoms with van der Waals surface area (Å²) in [6.07, 6.45) is 4.53. The number of hydrogen-bond acceptors (Lipinski definition) is 4. The van der Waals surface area contributed by atoms with E-state index in [-0.39, 0.29) is 11.3 Å². The van der Waals surface area contributed by atoms with Gasteiger partial charge in [-0.2, -0.15) is 0 Å². The molecule has 26 heavy (non-hydrogen) atoms. The minimum Gasteiger partial charge on any atom is -0.480 e. The molecular formula is C20H27ClN2O2S. The van der Waals surface area contributed by atoms with Gasteiger partial charge < -0.3 is 15.8 Å². The maximum Gasteiger partial charge on any atom is 0.253 e. The zero-order valence-electron chi connectivity index (χ0n) is 15.7. The molecule has 0 radical (unpaired) electrons. The zero-order valence-corrected chi connectivity index (χ0v) is 17.3. The molecule has 1 amide bonds. The average Bonchev–Trinajstić information content (AvgIpc) is 2.59. The van der Waals surface area contributed by atoms with Gasteiger partial charge in [0, 0.05) is 17.3 Å². The van der Waals surface area contributed by atoms with Gasteiger partial charge >= 0.3 is 0 Å². The highest BCUT2D eigenvalue weighted by molar-refractivity contribution is 8.02. The van der Waals surface area contributed by atoms with E-state index in [9.17, 15) is 4.79 Å². The Hall–Kier alpha value is -1.85. The second-order valence-corrected chi connectivity index (χ2v) is 7.53. The second kappa shape index (κ2) is 11.7. The largest absolute Gasteiger partial charge is 0.480 e. The van der Waals surface area contributed by atoms with E-state index in [1.165, 1.54) is 11.8 Å². The van der Waals surface area contributed by atoms with Crippen molar-refractivity contribution in [1.29, 1.82) is 0 Å². The highest BCUT2D eigenvalue weighted by Gasteiger charge is 2.09. The van der Waals surface area contributed by atoms with E-state index in [0.29, 0.717) is 17.8 Å². The molecule has 0 fully saturated rings. The standard InChI is InChI=1S/C20H27ClN2O2S/c1-5-6-7-19(15(3)22)20(24)23-12-17-8-10-18(11-9-17)25-16(4)26-13-14(2)21/h6-11,13,16H,5,12,22H2,1-4H3,(H,23,24)/b7-6-,14-13+,19-15-. The number of hydrogen-bond donors (Lipinski definition) is 2. The van der Waals surface area contributed by atoms with Gasteiger partial charge in [-0.05, 0) is 50.3 Å². The molecular weight excluding hydrogens is 368 g/mol. The molecule has 0 aromatic heterocycles. The number of benzene rings is 1. The summed E-state index contributed by atoms with van der Waals surface area (Å²) >= 11 is 7.32. The summed E-state index contributed by atoms with van der Waals surface area (Å²) in [5.74, 6) is 0.591. The SMILES string of the molecule is CC/C=C\C(C(=O)NCc1ccc(OC(C)S/C=C(\C)Cl)cc1)=C(/C)N. The van der Waals surface area contributed by atoms with Gasteiger partial charge in [0.1, 0.15) is 11.2 Å². The monoisotopic (exact) mass is 394 g/mol. The fraction of sp³-hybridized carbons (Fsp3) is 0.350. The number of allylic oxidation sites excluding steroid dienone is 3. The predicted octanol–water partition coefficient (Wildman–Crippen LogP) is 5.06. The summed E-state index contributed by atoms with van der Waals surface area (Å²) in [5.41, 5.74) is 7.74. The van der Waals surface area contributed by atoms with Gasteiger partial charge in [-0.25, -0.2) is 0 Å². The first-order chi connectivity index (χ1) is 12.3. The van der Waals surface area contributed by atoms with E-state index >= 15 is 0 Å². The number of nitrogens with two attached hydrogens (primary N) is 1. The Bertz CT molecular complexity index is 674. The molecule has 142 valence electrons. The molecule has 1 aromatic rings. The maximum absolute atomic E-state index is 12.3. The minimum absolute atomic E-state index is 0.0418. The van der Waals surface area contributed by atoms with Crippen molar-refractivity contribution >= 4 is 29.3 Å². The van der Waals surface area contributed by atoms with Crippen molar-refractivity contribution in [3.8, 4) is 5.75 Å². The molecule has 0 aliphatic carbocycles. The summed E-state index contributed by atoms with van der Waals surface area (Å²) < 4.78 is 5.80. The Morgan fingerprint density at radius 3 is 2.54 bits per heavy atom. The van der Waals surface area contributed by atoms with Crippen LogP contribution in [0, 0.1) is 0 Å². The third-order valence-corrected chi connectivity index (χ3v) is 4.50. The quantitative estimate of drug-likeness (QED) is 0.349. The lowest BCUT2D eigenvalue weighted by molar-refractivity contribution is -0.117. The normalized spacial score (nSPS) is 14.1. The lowest BCUT2D eigenvalue weighted by Crippen LogP contribution is -2.25. The molecule has 6 heteroatoms. The molecule has 0 spiro atoms. The van der Waals surface area contributed by atoms with Crippen molar-refractivity contribution in [2.24, 2.45) is 5.73 Å². The maximum atomic E-state index is 12.3. The van der Waals surface area contributed by atoms with Crippen LogP contribution in [-0.2, 0) is 11.3 Å². The third-order valence-electron chi connectivity index (χ3n) is 3.29. The van der Waals surface area contributed by atoms with Gasteiger partial charge in [-0.1, -0.05) is 54.6 Å². The summed E-state index contributed by atoms with van der Waals surface area (Å²) in [5, 5.41) is 5.47. The number of nitrogens with one attached hydrogen (secondary N) is 1. The molecule has 0 aliphatic heterocycles. The van der Waals surface area contributed by atoms with Crippen LogP contribution in [0.25, 0.3) is 0 Å². The van der Waals surface area contributed by atoms with Crippen molar-refractivity contribution in [2.75, 3.05) is 0 Å². The molecule has 0 bridgehead atoms. The van der Waals surface area contributed by atoms with Crippen LogP contribution in [0.4, 0.5) is 0 Å². The lowest BCUT2D eigenvalue weighted by Gasteiger charge is -2.13. The predicted molar refractivity (Wildman–Crippen MR) is 112 cm³/mol. The Labute approximate surface area is 165 Å². The smallest absolute Gasteiger partial charge is 0.253 e. The number of halogens is 1. The highest BCUT2D eigenvalue weighted by Crippen LogP contribution is 2.21. The van der Waals surface area contributed by atoms with Gasteiger partial charge in [-0.3, -0.25) is 4.79 Å². The average molecular weight is 395 g/mol. The van der Waals surface area contributed by atoms with Crippen molar-refractivity contribution in [3.63, 3.8) is 0 Å². The molecule has 1 aromatic carbocycles. The Balaban J connectivity index is 2.59. The number of rotatable bonds is 9. The van der Waals surface area contributed by atoms with Gasteiger partial charge in [-0.15, -0.1) is 0 Å². The fourth-order valence-electron chi connectivity index (χ4n) is 1.99. The fourth-order valence-corrected chi connectivity index (χ4v) is 2.69. The van der Waals surface area contributed by atoms with Crippen LogP contribution < -0.4 is 15.8 Å². The van der Waals surface area contributed by atoms with Crippen LogP contribution in [0.5, 0.6) is 5.75 Å². The topological polar surface area (TPSA) is 64.3 Å². The summed E-state index contributed by atoms with van der Waals surface area (Å²) in [6.45, 7) is 7.95. The van der Waals surface area contributed by atoms with E-state index in [0.717, 1.165) is 22.8 Å². The summed E-state index contributed by atoms with van der Waals surface area (Å²) in [4.78, 5) is 12.3. The van der Waals surface area contributed by atoms with Crippen LogP contribution >= 0.6 is 23.4 Å². The molecule has 1 atom stereocenters. The number of ether oxygens (including phenoxy) is 1. The van der Waals surface area contributed by atoms with Crippen LogP contribution in [0.3, 0.4) is 0 Å². The first-order valence-electron chi connectivity index (χ1n) is 8.47. The van der Waals surface area contributed by atoms with Crippen molar-refractivity contribution in [3.05, 3.63) is 63.7 Å². The zero-order chi connectivity index (χ0) is 19.5. The number of carbonyl (C=O) groups excluding carboxylic acids is 1. The van der Waals surface area contributed by atoms with Crippen LogP contribution in [0.2, 0.25) is 0 Å². The Kier molecular flexibility index (Phi) is 9.99. The van der Waals surface area contributed by atoms with E-state index in [2.05, 4.69) is 5.32 Å². The Morgan fingerprint density at radius 2 is 2.00 bits per heavy atom. The molecule has 1 unspecified atom stereocenters. The second-order valence-electron chi connectivity index (χ2n) is 5.76. The van der Waals surface area contributed by atoms with Crippen LogP contribution in [-0.4, -0.2) is 11.3 Å². The highest BCUT2D eigenvalue weighted by atomic mass is 35.5. The molecule has 4 nitrogen and oxygen atoms in total. The molecule has 0 heterocycles. The Morgan fingerprint density at radius 1 is 1.35 bits per heavy atom. The van der Waals surface area contributed by atoms with E-state index in [1.54, 1.807) is 13.0 Å².